The molecule has 1 aliphatic carbocycles. The van der Waals surface area contributed by atoms with E-state index in [0.717, 1.165) is 35.6 Å². The Hall–Kier alpha value is -3.27. The summed E-state index contributed by atoms with van der Waals surface area (Å²) in [6.45, 7) is 1.36. The van der Waals surface area contributed by atoms with Crippen molar-refractivity contribution in [1.29, 1.82) is 0 Å². The van der Waals surface area contributed by atoms with E-state index in [1.807, 2.05) is 19.1 Å². The Morgan fingerprint density at radius 2 is 1.60 bits per heavy atom. The highest BCUT2D eigenvalue weighted by Gasteiger charge is 2.34. The van der Waals surface area contributed by atoms with Gasteiger partial charge >= 0.3 is 0 Å². The second-order valence-electron chi connectivity index (χ2n) is 10.2. The number of amides is 2. The van der Waals surface area contributed by atoms with Crippen molar-refractivity contribution in [3.63, 3.8) is 0 Å². The number of methoxy groups -OCH3 is 1. The summed E-state index contributed by atoms with van der Waals surface area (Å²) < 4.78 is 34.1. The van der Waals surface area contributed by atoms with Crippen molar-refractivity contribution in [2.24, 2.45) is 0 Å². The van der Waals surface area contributed by atoms with Gasteiger partial charge in [-0.05, 0) is 67.3 Å². The highest BCUT2D eigenvalue weighted by molar-refractivity contribution is 7.92. The largest absolute Gasteiger partial charge is 0.497 e. The predicted molar refractivity (Wildman–Crippen MR) is 165 cm³/mol. The van der Waals surface area contributed by atoms with Crippen LogP contribution in [0.2, 0.25) is 10.0 Å². The van der Waals surface area contributed by atoms with Gasteiger partial charge in [0.2, 0.25) is 11.8 Å². The summed E-state index contributed by atoms with van der Waals surface area (Å²) in [6.07, 6.45) is 4.23. The first-order chi connectivity index (χ1) is 20.1. The number of hydrogen-bond donors (Lipinski definition) is 1. The molecule has 11 heteroatoms. The molecule has 3 aromatic rings. The lowest BCUT2D eigenvalue weighted by Crippen LogP contribution is -2.53. The third-order valence-electron chi connectivity index (χ3n) is 7.34. The summed E-state index contributed by atoms with van der Waals surface area (Å²) in [5.41, 5.74) is 0.900. The Morgan fingerprint density at radius 1 is 0.976 bits per heavy atom. The molecule has 42 heavy (non-hydrogen) atoms. The van der Waals surface area contributed by atoms with Crippen molar-refractivity contribution >= 4 is 50.7 Å². The molecule has 0 saturated heterocycles. The van der Waals surface area contributed by atoms with Crippen LogP contribution in [-0.2, 0) is 26.2 Å². The molecular formula is C31H35Cl2N3O5S. The van der Waals surface area contributed by atoms with E-state index in [2.05, 4.69) is 5.32 Å². The van der Waals surface area contributed by atoms with E-state index in [4.69, 9.17) is 27.9 Å². The van der Waals surface area contributed by atoms with Crippen LogP contribution in [0.1, 0.15) is 44.6 Å². The number of rotatable bonds is 12. The molecule has 224 valence electrons. The topological polar surface area (TPSA) is 96.0 Å². The maximum atomic E-state index is 14.2. The van der Waals surface area contributed by atoms with Crippen LogP contribution in [0.25, 0.3) is 0 Å². The number of benzene rings is 3. The van der Waals surface area contributed by atoms with Gasteiger partial charge in [0.1, 0.15) is 18.3 Å². The summed E-state index contributed by atoms with van der Waals surface area (Å²) in [5, 5.41) is 3.54. The first kappa shape index (κ1) is 31.7. The molecule has 0 aliphatic heterocycles. The van der Waals surface area contributed by atoms with E-state index >= 15 is 0 Å². The molecule has 1 saturated carbocycles. The van der Waals surface area contributed by atoms with E-state index in [0.29, 0.717) is 12.2 Å². The predicted octanol–water partition coefficient (Wildman–Crippen LogP) is 6.06. The molecule has 4 rings (SSSR count). The molecule has 0 bridgehead atoms. The fraction of sp³-hybridized carbons (Fsp3) is 0.355. The SMILES string of the molecule is CC[C@H](C(=O)NC1CCCC1)N(Cc1ccc(OC)cc1)C(=O)CN(c1cc(Cl)cc(Cl)c1)S(=O)(=O)c1ccccc1. The second kappa shape index (κ2) is 14.3. The highest BCUT2D eigenvalue weighted by atomic mass is 35.5. The Morgan fingerprint density at radius 3 is 2.17 bits per heavy atom. The molecule has 1 aliphatic rings. The summed E-state index contributed by atoms with van der Waals surface area (Å²) >= 11 is 12.5. The van der Waals surface area contributed by atoms with E-state index in [1.165, 1.54) is 35.2 Å². The number of nitrogens with zero attached hydrogens (tertiary/aromatic N) is 2. The standard InChI is InChI=1S/C31H35Cl2N3O5S/c1-3-29(31(38)34-25-9-7-8-10-25)35(20-22-13-15-27(41-2)16-14-22)30(37)21-36(26-18-23(32)17-24(33)19-26)42(39,40)28-11-5-4-6-12-28/h4-6,11-19,25,29H,3,7-10,20-21H2,1-2H3,(H,34,38)/t29-/m1/s1. The quantitative estimate of drug-likeness (QED) is 0.262. The lowest BCUT2D eigenvalue weighted by atomic mass is 10.1. The van der Waals surface area contributed by atoms with Crippen LogP contribution in [0, 0.1) is 0 Å². The fourth-order valence-electron chi connectivity index (χ4n) is 5.15. The van der Waals surface area contributed by atoms with E-state index in [9.17, 15) is 18.0 Å². The summed E-state index contributed by atoms with van der Waals surface area (Å²) in [6, 6.07) is 18.6. The number of carbonyl (C=O) groups is 2. The van der Waals surface area contributed by atoms with Crippen LogP contribution in [0.3, 0.4) is 0 Å². The van der Waals surface area contributed by atoms with Crippen LogP contribution in [0.15, 0.2) is 77.7 Å². The molecule has 1 N–H and O–H groups in total. The van der Waals surface area contributed by atoms with Crippen LogP contribution in [0.5, 0.6) is 5.75 Å². The minimum Gasteiger partial charge on any atom is -0.497 e. The van der Waals surface area contributed by atoms with Crippen molar-refractivity contribution < 1.29 is 22.7 Å². The molecule has 0 unspecified atom stereocenters. The molecule has 0 aromatic heterocycles. The first-order valence-corrected chi connectivity index (χ1v) is 16.1. The summed E-state index contributed by atoms with van der Waals surface area (Å²) in [4.78, 5) is 29.2. The smallest absolute Gasteiger partial charge is 0.264 e. The van der Waals surface area contributed by atoms with Gasteiger partial charge in [-0.25, -0.2) is 8.42 Å². The van der Waals surface area contributed by atoms with Crippen molar-refractivity contribution in [2.75, 3.05) is 18.0 Å². The van der Waals surface area contributed by atoms with Crippen LogP contribution >= 0.6 is 23.2 Å². The average molecular weight is 633 g/mol. The van der Waals surface area contributed by atoms with E-state index < -0.39 is 28.5 Å². The van der Waals surface area contributed by atoms with Crippen molar-refractivity contribution in [2.45, 2.75) is 62.6 Å². The van der Waals surface area contributed by atoms with Gasteiger partial charge < -0.3 is 15.0 Å². The molecule has 0 spiro atoms. The van der Waals surface area contributed by atoms with Crippen molar-refractivity contribution in [1.82, 2.24) is 10.2 Å². The summed E-state index contributed by atoms with van der Waals surface area (Å²) in [5.74, 6) is -0.148. The Labute approximate surface area is 257 Å². The van der Waals surface area contributed by atoms with Gasteiger partial charge in [-0.1, -0.05) is 73.3 Å². The number of nitrogens with one attached hydrogen (secondary N) is 1. The van der Waals surface area contributed by atoms with Gasteiger partial charge in [0, 0.05) is 22.6 Å². The Kier molecular flexibility index (Phi) is 10.8. The minimum atomic E-state index is -4.22. The van der Waals surface area contributed by atoms with E-state index in [1.54, 1.807) is 37.4 Å². The third kappa shape index (κ3) is 7.76. The number of carbonyl (C=O) groups excluding carboxylic acids is 2. The zero-order valence-corrected chi connectivity index (χ0v) is 26.0. The minimum absolute atomic E-state index is 0.00150. The van der Waals surface area contributed by atoms with Crippen LogP contribution in [-0.4, -0.2) is 50.9 Å². The lowest BCUT2D eigenvalue weighted by molar-refractivity contribution is -0.140. The molecule has 8 nitrogen and oxygen atoms in total. The molecular weight excluding hydrogens is 597 g/mol. The maximum absolute atomic E-state index is 14.2. The van der Waals surface area contributed by atoms with Gasteiger partial charge in [0.05, 0.1) is 17.7 Å². The average Bonchev–Trinajstić information content (AvgIpc) is 3.49. The number of halogens is 2. The number of hydrogen-bond acceptors (Lipinski definition) is 5. The maximum Gasteiger partial charge on any atom is 0.264 e. The lowest BCUT2D eigenvalue weighted by Gasteiger charge is -2.34. The molecule has 2 amide bonds. The van der Waals surface area contributed by atoms with Gasteiger partial charge in [-0.3, -0.25) is 13.9 Å². The summed E-state index contributed by atoms with van der Waals surface area (Å²) in [7, 11) is -2.65. The number of sulfonamides is 1. The molecule has 1 atom stereocenters. The monoisotopic (exact) mass is 631 g/mol. The van der Waals surface area contributed by atoms with Crippen LogP contribution in [0.4, 0.5) is 5.69 Å². The zero-order valence-electron chi connectivity index (χ0n) is 23.6. The van der Waals surface area contributed by atoms with Gasteiger partial charge in [0.25, 0.3) is 10.0 Å². The number of anilines is 1. The van der Waals surface area contributed by atoms with Gasteiger partial charge in [-0.15, -0.1) is 0 Å². The number of ether oxygens (including phenoxy) is 1. The van der Waals surface area contributed by atoms with Crippen molar-refractivity contribution in [3.05, 3.63) is 88.4 Å². The normalized spacial score (nSPS) is 14.3. The van der Waals surface area contributed by atoms with Gasteiger partial charge in [-0.2, -0.15) is 0 Å². The molecule has 0 radical (unpaired) electrons. The Balaban J connectivity index is 1.72. The van der Waals surface area contributed by atoms with E-state index in [-0.39, 0.29) is 39.1 Å². The van der Waals surface area contributed by atoms with Crippen molar-refractivity contribution in [3.8, 4) is 5.75 Å². The fourth-order valence-corrected chi connectivity index (χ4v) is 7.08. The highest BCUT2D eigenvalue weighted by Crippen LogP contribution is 2.30. The molecule has 3 aromatic carbocycles. The zero-order chi connectivity index (χ0) is 30.3. The molecule has 1 fully saturated rings. The third-order valence-corrected chi connectivity index (χ3v) is 9.57. The first-order valence-electron chi connectivity index (χ1n) is 13.9. The van der Waals surface area contributed by atoms with Gasteiger partial charge in [0.15, 0.2) is 0 Å². The molecule has 0 heterocycles. The second-order valence-corrected chi connectivity index (χ2v) is 13.0. The van der Waals surface area contributed by atoms with Crippen LogP contribution < -0.4 is 14.4 Å². The Bertz CT molecular complexity index is 1460.